The van der Waals surface area contributed by atoms with Gasteiger partial charge in [0.25, 0.3) is 0 Å². The van der Waals surface area contributed by atoms with E-state index in [0.29, 0.717) is 5.69 Å². The Morgan fingerprint density at radius 2 is 2.64 bits per heavy atom. The number of terminal acetylenes is 1. The number of nitrogens with zero attached hydrogens (tertiary/aromatic N) is 1. The normalized spacial score (nSPS) is 12.5. The van der Waals surface area contributed by atoms with Crippen LogP contribution in [0.5, 0.6) is 0 Å². The van der Waals surface area contributed by atoms with Gasteiger partial charge in [0, 0.05) is 17.8 Å². The molecule has 0 aromatic carbocycles. The third kappa shape index (κ3) is 2.34. The summed E-state index contributed by atoms with van der Waals surface area (Å²) in [5.41, 5.74) is 6.30. The summed E-state index contributed by atoms with van der Waals surface area (Å²) in [5.74, 6) is 2.48. The van der Waals surface area contributed by atoms with E-state index in [1.807, 2.05) is 12.3 Å². The molecule has 11 heavy (non-hydrogen) atoms. The molecule has 0 spiro atoms. The minimum absolute atomic E-state index is 0.159. The molecule has 0 aliphatic rings. The lowest BCUT2D eigenvalue weighted by atomic mass is 10.3. The summed E-state index contributed by atoms with van der Waals surface area (Å²) < 4.78 is 0. The van der Waals surface area contributed by atoms with Gasteiger partial charge in [-0.15, -0.1) is 17.8 Å². The Morgan fingerprint density at radius 3 is 3.09 bits per heavy atom. The van der Waals surface area contributed by atoms with Crippen molar-refractivity contribution in [2.75, 3.05) is 0 Å². The molecule has 0 bridgehead atoms. The summed E-state index contributed by atoms with van der Waals surface area (Å²) in [6.45, 7) is 1.96. The highest BCUT2D eigenvalue weighted by molar-refractivity contribution is 7.09. The van der Waals surface area contributed by atoms with Crippen LogP contribution in [-0.2, 0) is 6.42 Å². The van der Waals surface area contributed by atoms with Gasteiger partial charge in [0.2, 0.25) is 0 Å². The van der Waals surface area contributed by atoms with Crippen LogP contribution in [0.1, 0.15) is 17.6 Å². The Morgan fingerprint density at radius 1 is 1.91 bits per heavy atom. The fourth-order valence-corrected chi connectivity index (χ4v) is 1.62. The quantitative estimate of drug-likeness (QED) is 0.666. The highest BCUT2D eigenvalue weighted by Gasteiger charge is 2.01. The van der Waals surface area contributed by atoms with E-state index in [-0.39, 0.29) is 6.04 Å². The van der Waals surface area contributed by atoms with Gasteiger partial charge in [0.05, 0.1) is 5.01 Å². The van der Waals surface area contributed by atoms with Gasteiger partial charge in [-0.25, -0.2) is 4.98 Å². The Bertz CT molecular complexity index is 270. The van der Waals surface area contributed by atoms with Crippen molar-refractivity contribution in [3.8, 4) is 12.3 Å². The first-order chi connectivity index (χ1) is 5.22. The van der Waals surface area contributed by atoms with E-state index in [4.69, 9.17) is 12.2 Å². The predicted molar refractivity (Wildman–Crippen MR) is 47.4 cm³/mol. The number of aromatic nitrogens is 1. The molecule has 0 amide bonds. The van der Waals surface area contributed by atoms with Gasteiger partial charge in [-0.2, -0.15) is 0 Å². The molecule has 1 aromatic rings. The van der Waals surface area contributed by atoms with E-state index in [2.05, 4.69) is 10.9 Å². The molecule has 0 saturated carbocycles. The summed E-state index contributed by atoms with van der Waals surface area (Å²) in [4.78, 5) is 4.17. The number of rotatable bonds is 2. The maximum absolute atomic E-state index is 5.59. The largest absolute Gasteiger partial charge is 0.328 e. The second kappa shape index (κ2) is 3.51. The van der Waals surface area contributed by atoms with Crippen LogP contribution in [0.3, 0.4) is 0 Å². The van der Waals surface area contributed by atoms with Crippen LogP contribution in [0, 0.1) is 12.3 Å². The Kier molecular flexibility index (Phi) is 2.64. The highest BCUT2D eigenvalue weighted by Crippen LogP contribution is 2.09. The third-order valence-electron chi connectivity index (χ3n) is 1.20. The van der Waals surface area contributed by atoms with Crippen molar-refractivity contribution in [1.29, 1.82) is 0 Å². The maximum Gasteiger partial charge on any atom is 0.124 e. The van der Waals surface area contributed by atoms with E-state index in [9.17, 15) is 0 Å². The smallest absolute Gasteiger partial charge is 0.124 e. The average molecular weight is 166 g/mol. The molecule has 1 unspecified atom stereocenters. The van der Waals surface area contributed by atoms with Gasteiger partial charge in [-0.3, -0.25) is 0 Å². The van der Waals surface area contributed by atoms with E-state index in [0.717, 1.165) is 11.4 Å². The number of hydrogen-bond donors (Lipinski definition) is 1. The molecule has 0 fully saturated rings. The van der Waals surface area contributed by atoms with Gasteiger partial charge in [0.15, 0.2) is 0 Å². The molecule has 0 aliphatic heterocycles. The maximum atomic E-state index is 5.59. The first kappa shape index (κ1) is 8.25. The van der Waals surface area contributed by atoms with Crippen molar-refractivity contribution in [2.45, 2.75) is 19.4 Å². The van der Waals surface area contributed by atoms with Crippen LogP contribution in [0.2, 0.25) is 0 Å². The SMILES string of the molecule is C#Cc1csc(CC(C)N)n1. The fourth-order valence-electron chi connectivity index (χ4n) is 0.746. The molecule has 1 rings (SSSR count). The molecule has 3 heteroatoms. The monoisotopic (exact) mass is 166 g/mol. The summed E-state index contributed by atoms with van der Waals surface area (Å²) in [6.07, 6.45) is 5.97. The third-order valence-corrected chi connectivity index (χ3v) is 2.07. The number of thiazole rings is 1. The standard InChI is InChI=1S/C8H10N2S/c1-3-7-5-11-8(10-7)4-6(2)9/h1,5-6H,4,9H2,2H3. The lowest BCUT2D eigenvalue weighted by molar-refractivity contribution is 0.733. The summed E-state index contributed by atoms with van der Waals surface area (Å²) in [6, 6.07) is 0.159. The second-order valence-corrected chi connectivity index (χ2v) is 3.39. The molecule has 1 atom stereocenters. The summed E-state index contributed by atoms with van der Waals surface area (Å²) in [5, 5.41) is 2.89. The Hall–Kier alpha value is -0.850. The lowest BCUT2D eigenvalue weighted by Crippen LogP contribution is -2.17. The lowest BCUT2D eigenvalue weighted by Gasteiger charge is -1.98. The topological polar surface area (TPSA) is 38.9 Å². The van der Waals surface area contributed by atoms with Crippen LogP contribution in [0.25, 0.3) is 0 Å². The number of nitrogens with two attached hydrogens (primary N) is 1. The fraction of sp³-hybridized carbons (Fsp3) is 0.375. The molecular formula is C8H10N2S. The molecule has 0 aliphatic carbocycles. The minimum atomic E-state index is 0.159. The van der Waals surface area contributed by atoms with Gasteiger partial charge < -0.3 is 5.73 Å². The van der Waals surface area contributed by atoms with Crippen molar-refractivity contribution in [2.24, 2.45) is 5.73 Å². The van der Waals surface area contributed by atoms with Crippen LogP contribution >= 0.6 is 11.3 Å². The van der Waals surface area contributed by atoms with Gasteiger partial charge in [-0.1, -0.05) is 0 Å². The van der Waals surface area contributed by atoms with Crippen LogP contribution in [0.4, 0.5) is 0 Å². The van der Waals surface area contributed by atoms with Crippen molar-refractivity contribution >= 4 is 11.3 Å². The average Bonchev–Trinajstić information content (AvgIpc) is 2.34. The summed E-state index contributed by atoms with van der Waals surface area (Å²) in [7, 11) is 0. The summed E-state index contributed by atoms with van der Waals surface area (Å²) >= 11 is 1.57. The zero-order chi connectivity index (χ0) is 8.27. The molecule has 0 radical (unpaired) electrons. The van der Waals surface area contributed by atoms with E-state index in [1.165, 1.54) is 0 Å². The van der Waals surface area contributed by atoms with Crippen LogP contribution in [0.15, 0.2) is 5.38 Å². The molecule has 1 heterocycles. The van der Waals surface area contributed by atoms with Crippen molar-refractivity contribution in [3.05, 3.63) is 16.1 Å². The zero-order valence-corrected chi connectivity index (χ0v) is 7.19. The first-order valence-electron chi connectivity index (χ1n) is 3.39. The molecule has 58 valence electrons. The van der Waals surface area contributed by atoms with Crippen LogP contribution < -0.4 is 5.73 Å². The molecule has 0 saturated heterocycles. The van der Waals surface area contributed by atoms with Gasteiger partial charge in [-0.05, 0) is 12.8 Å². The van der Waals surface area contributed by atoms with Crippen LogP contribution in [-0.4, -0.2) is 11.0 Å². The van der Waals surface area contributed by atoms with Gasteiger partial charge in [0.1, 0.15) is 5.69 Å². The van der Waals surface area contributed by atoms with E-state index < -0.39 is 0 Å². The Labute approximate surface area is 70.5 Å². The highest BCUT2D eigenvalue weighted by atomic mass is 32.1. The molecule has 2 nitrogen and oxygen atoms in total. The van der Waals surface area contributed by atoms with Crippen molar-refractivity contribution in [3.63, 3.8) is 0 Å². The Balaban J connectivity index is 2.67. The van der Waals surface area contributed by atoms with Crippen molar-refractivity contribution in [1.82, 2.24) is 4.98 Å². The molecule has 2 N–H and O–H groups in total. The van der Waals surface area contributed by atoms with E-state index >= 15 is 0 Å². The van der Waals surface area contributed by atoms with Crippen molar-refractivity contribution < 1.29 is 0 Å². The number of hydrogen-bond acceptors (Lipinski definition) is 3. The predicted octanol–water partition coefficient (Wildman–Crippen LogP) is 1.01. The zero-order valence-electron chi connectivity index (χ0n) is 6.37. The minimum Gasteiger partial charge on any atom is -0.328 e. The molecule has 1 aromatic heterocycles. The second-order valence-electron chi connectivity index (χ2n) is 2.45. The molecular weight excluding hydrogens is 156 g/mol. The van der Waals surface area contributed by atoms with Gasteiger partial charge >= 0.3 is 0 Å². The first-order valence-corrected chi connectivity index (χ1v) is 4.27. The van der Waals surface area contributed by atoms with E-state index in [1.54, 1.807) is 11.3 Å².